The number of amides is 2. The SMILES string of the molecule is CN(C(=O)C1CCCN1)C(Cc1ccc2ccccc2c1)C(N)=O. The Balaban J connectivity index is 1.79. The van der Waals surface area contributed by atoms with Crippen LogP contribution in [0, 0.1) is 0 Å². The van der Waals surface area contributed by atoms with Crippen molar-refractivity contribution in [2.75, 3.05) is 13.6 Å². The molecule has 3 rings (SSSR count). The third-order valence-electron chi connectivity index (χ3n) is 4.74. The van der Waals surface area contributed by atoms with Crippen LogP contribution in [0.15, 0.2) is 42.5 Å². The van der Waals surface area contributed by atoms with E-state index >= 15 is 0 Å². The van der Waals surface area contributed by atoms with E-state index in [4.69, 9.17) is 5.73 Å². The molecule has 0 spiro atoms. The summed E-state index contributed by atoms with van der Waals surface area (Å²) in [5, 5.41) is 5.44. The van der Waals surface area contributed by atoms with Crippen molar-refractivity contribution in [3.63, 3.8) is 0 Å². The predicted molar refractivity (Wildman–Crippen MR) is 94.4 cm³/mol. The van der Waals surface area contributed by atoms with Crippen LogP contribution in [-0.2, 0) is 16.0 Å². The molecular weight excluding hydrogens is 302 g/mol. The van der Waals surface area contributed by atoms with E-state index in [0.29, 0.717) is 6.42 Å². The van der Waals surface area contributed by atoms with Gasteiger partial charge in [-0.25, -0.2) is 0 Å². The Bertz CT molecular complexity index is 753. The van der Waals surface area contributed by atoms with Crippen LogP contribution in [-0.4, -0.2) is 42.4 Å². The number of fused-ring (bicyclic) bond motifs is 1. The maximum absolute atomic E-state index is 12.5. The Morgan fingerprint density at radius 1 is 1.25 bits per heavy atom. The third-order valence-corrected chi connectivity index (χ3v) is 4.74. The highest BCUT2D eigenvalue weighted by Gasteiger charge is 2.31. The summed E-state index contributed by atoms with van der Waals surface area (Å²) in [5.41, 5.74) is 6.58. The van der Waals surface area contributed by atoms with E-state index in [2.05, 4.69) is 11.4 Å². The van der Waals surface area contributed by atoms with Gasteiger partial charge in [-0.15, -0.1) is 0 Å². The molecule has 1 aliphatic heterocycles. The van der Waals surface area contributed by atoms with Gasteiger partial charge in [0, 0.05) is 13.5 Å². The van der Waals surface area contributed by atoms with Crippen molar-refractivity contribution < 1.29 is 9.59 Å². The molecule has 3 N–H and O–H groups in total. The molecule has 126 valence electrons. The molecule has 0 aromatic heterocycles. The maximum atomic E-state index is 12.5. The fraction of sp³-hybridized carbons (Fsp3) is 0.368. The first-order valence-electron chi connectivity index (χ1n) is 8.33. The van der Waals surface area contributed by atoms with Crippen LogP contribution in [0.2, 0.25) is 0 Å². The van der Waals surface area contributed by atoms with Crippen molar-refractivity contribution in [3.05, 3.63) is 48.0 Å². The molecule has 2 amide bonds. The Labute approximate surface area is 141 Å². The summed E-state index contributed by atoms with van der Waals surface area (Å²) in [6.07, 6.45) is 2.22. The number of nitrogens with one attached hydrogen (secondary N) is 1. The zero-order valence-electron chi connectivity index (χ0n) is 13.9. The van der Waals surface area contributed by atoms with Crippen molar-refractivity contribution in [2.24, 2.45) is 5.73 Å². The number of rotatable bonds is 5. The van der Waals surface area contributed by atoms with Gasteiger partial charge >= 0.3 is 0 Å². The van der Waals surface area contributed by atoms with Crippen molar-refractivity contribution >= 4 is 22.6 Å². The highest BCUT2D eigenvalue weighted by Crippen LogP contribution is 2.18. The molecule has 0 bridgehead atoms. The lowest BCUT2D eigenvalue weighted by molar-refractivity contribution is -0.139. The van der Waals surface area contributed by atoms with Gasteiger partial charge in [-0.3, -0.25) is 9.59 Å². The highest BCUT2D eigenvalue weighted by atomic mass is 16.2. The zero-order valence-corrected chi connectivity index (χ0v) is 13.9. The van der Waals surface area contributed by atoms with Crippen LogP contribution in [0.25, 0.3) is 10.8 Å². The Hall–Kier alpha value is -2.40. The molecule has 0 aliphatic carbocycles. The summed E-state index contributed by atoms with van der Waals surface area (Å²) in [4.78, 5) is 26.0. The molecule has 1 heterocycles. The van der Waals surface area contributed by atoms with Gasteiger partial charge in [0.2, 0.25) is 11.8 Å². The van der Waals surface area contributed by atoms with E-state index < -0.39 is 11.9 Å². The number of primary amides is 1. The standard InChI is InChI=1S/C19H23N3O2/c1-22(19(24)16-7-4-10-21-16)17(18(20)23)12-13-8-9-14-5-2-3-6-15(14)11-13/h2-3,5-6,8-9,11,16-17,21H,4,7,10,12H2,1H3,(H2,20,23). The lowest BCUT2D eigenvalue weighted by Gasteiger charge is -2.28. The van der Waals surface area contributed by atoms with Crippen LogP contribution >= 0.6 is 0 Å². The number of hydrogen-bond acceptors (Lipinski definition) is 3. The monoisotopic (exact) mass is 325 g/mol. The molecule has 1 saturated heterocycles. The van der Waals surface area contributed by atoms with E-state index in [-0.39, 0.29) is 11.9 Å². The van der Waals surface area contributed by atoms with Crippen LogP contribution in [0.4, 0.5) is 0 Å². The fourth-order valence-corrected chi connectivity index (χ4v) is 3.31. The van der Waals surface area contributed by atoms with Crippen molar-refractivity contribution in [2.45, 2.75) is 31.3 Å². The first-order valence-corrected chi connectivity index (χ1v) is 8.33. The summed E-state index contributed by atoms with van der Waals surface area (Å²) < 4.78 is 0. The number of benzene rings is 2. The van der Waals surface area contributed by atoms with Gasteiger partial charge in [-0.2, -0.15) is 0 Å². The molecule has 5 heteroatoms. The normalized spacial score (nSPS) is 18.5. The van der Waals surface area contributed by atoms with Gasteiger partial charge < -0.3 is 16.0 Å². The molecule has 1 aliphatic rings. The number of nitrogens with zero attached hydrogens (tertiary/aromatic N) is 1. The summed E-state index contributed by atoms with van der Waals surface area (Å²) in [5.74, 6) is -0.533. The molecule has 24 heavy (non-hydrogen) atoms. The molecule has 2 atom stereocenters. The van der Waals surface area contributed by atoms with E-state index in [0.717, 1.165) is 35.7 Å². The Kier molecular flexibility index (Phi) is 4.81. The molecule has 2 aromatic carbocycles. The molecule has 5 nitrogen and oxygen atoms in total. The summed E-state index contributed by atoms with van der Waals surface area (Å²) >= 11 is 0. The Morgan fingerprint density at radius 3 is 2.67 bits per heavy atom. The first-order chi connectivity index (χ1) is 11.6. The van der Waals surface area contributed by atoms with Crippen molar-refractivity contribution in [3.8, 4) is 0 Å². The molecule has 2 unspecified atom stereocenters. The fourth-order valence-electron chi connectivity index (χ4n) is 3.31. The topological polar surface area (TPSA) is 75.4 Å². The second-order valence-corrected chi connectivity index (χ2v) is 6.40. The van der Waals surface area contributed by atoms with Gasteiger partial charge in [-0.1, -0.05) is 42.5 Å². The first kappa shape index (κ1) is 16.5. The number of carbonyl (C=O) groups excluding carboxylic acids is 2. The van der Waals surface area contributed by atoms with Crippen LogP contribution < -0.4 is 11.1 Å². The average Bonchev–Trinajstić information content (AvgIpc) is 3.12. The number of hydrogen-bond donors (Lipinski definition) is 2. The van der Waals surface area contributed by atoms with E-state index in [1.165, 1.54) is 4.90 Å². The lowest BCUT2D eigenvalue weighted by atomic mass is 10.00. The minimum atomic E-state index is -0.638. The smallest absolute Gasteiger partial charge is 0.240 e. The van der Waals surface area contributed by atoms with E-state index in [1.807, 2.05) is 36.4 Å². The van der Waals surface area contributed by atoms with Crippen LogP contribution in [0.3, 0.4) is 0 Å². The lowest BCUT2D eigenvalue weighted by Crippen LogP contribution is -2.52. The molecule has 2 aromatic rings. The van der Waals surface area contributed by atoms with Gasteiger partial charge in [0.1, 0.15) is 6.04 Å². The van der Waals surface area contributed by atoms with Gasteiger partial charge in [-0.05, 0) is 35.7 Å². The van der Waals surface area contributed by atoms with Crippen molar-refractivity contribution in [1.82, 2.24) is 10.2 Å². The Morgan fingerprint density at radius 2 is 2.00 bits per heavy atom. The van der Waals surface area contributed by atoms with Crippen LogP contribution in [0.1, 0.15) is 18.4 Å². The summed E-state index contributed by atoms with van der Waals surface area (Å²) in [6.45, 7) is 0.843. The van der Waals surface area contributed by atoms with E-state index in [1.54, 1.807) is 7.05 Å². The summed E-state index contributed by atoms with van der Waals surface area (Å²) in [7, 11) is 1.67. The van der Waals surface area contributed by atoms with Gasteiger partial charge in [0.15, 0.2) is 0 Å². The van der Waals surface area contributed by atoms with Gasteiger partial charge in [0.05, 0.1) is 6.04 Å². The quantitative estimate of drug-likeness (QED) is 0.873. The maximum Gasteiger partial charge on any atom is 0.240 e. The summed E-state index contributed by atoms with van der Waals surface area (Å²) in [6, 6.07) is 13.3. The molecule has 0 radical (unpaired) electrons. The number of likely N-dealkylation sites (N-methyl/N-ethyl adjacent to an activating group) is 1. The number of carbonyl (C=O) groups is 2. The third kappa shape index (κ3) is 3.41. The minimum absolute atomic E-state index is 0.0583. The zero-order chi connectivity index (χ0) is 17.1. The second kappa shape index (κ2) is 7.01. The molecular formula is C19H23N3O2. The molecule has 1 fully saturated rings. The van der Waals surface area contributed by atoms with Crippen LogP contribution in [0.5, 0.6) is 0 Å². The molecule has 0 saturated carbocycles. The predicted octanol–water partition coefficient (Wildman–Crippen LogP) is 1.45. The second-order valence-electron chi connectivity index (χ2n) is 6.40. The van der Waals surface area contributed by atoms with E-state index in [9.17, 15) is 9.59 Å². The largest absolute Gasteiger partial charge is 0.368 e. The van der Waals surface area contributed by atoms with Crippen molar-refractivity contribution in [1.29, 1.82) is 0 Å². The highest BCUT2D eigenvalue weighted by molar-refractivity contribution is 5.89. The number of nitrogens with two attached hydrogens (primary N) is 1. The minimum Gasteiger partial charge on any atom is -0.368 e. The average molecular weight is 325 g/mol. The van der Waals surface area contributed by atoms with Gasteiger partial charge in [0.25, 0.3) is 0 Å².